The zero-order valence-corrected chi connectivity index (χ0v) is 9.30. The van der Waals surface area contributed by atoms with Crippen molar-refractivity contribution < 1.29 is 4.18 Å². The summed E-state index contributed by atoms with van der Waals surface area (Å²) >= 11 is 4.71. The lowest BCUT2D eigenvalue weighted by molar-refractivity contribution is 0.486. The Labute approximate surface area is 88.6 Å². The number of hydrogen-bond donors (Lipinski definition) is 0. The Hall–Kier alpha value is -0.520. The van der Waals surface area contributed by atoms with Crippen LogP contribution in [0.25, 0.3) is 11.0 Å². The molecular formula is C8H7BrN2OS. The molecule has 2 rings (SSSR count). The molecule has 0 bridgehead atoms. The minimum Gasteiger partial charge on any atom is -0.300 e. The highest BCUT2D eigenvalue weighted by Crippen LogP contribution is 2.25. The van der Waals surface area contributed by atoms with Crippen molar-refractivity contribution in [3.8, 4) is 0 Å². The Balaban J connectivity index is 2.61. The number of hydrogen-bond acceptors (Lipinski definition) is 3. The minimum absolute atomic E-state index is 0.904. The van der Waals surface area contributed by atoms with Gasteiger partial charge >= 0.3 is 0 Å². The summed E-state index contributed by atoms with van der Waals surface area (Å²) < 4.78 is 7.88. The van der Waals surface area contributed by atoms with E-state index in [0.717, 1.165) is 15.5 Å². The van der Waals surface area contributed by atoms with Crippen LogP contribution in [0.4, 0.5) is 0 Å². The Kier molecular flexibility index (Phi) is 2.57. The van der Waals surface area contributed by atoms with Crippen LogP contribution in [-0.4, -0.2) is 16.1 Å². The molecule has 2 aromatic heterocycles. The van der Waals surface area contributed by atoms with Crippen molar-refractivity contribution >= 4 is 39.2 Å². The maximum absolute atomic E-state index is 4.96. The molecule has 2 aromatic rings. The smallest absolute Gasteiger partial charge is 0.152 e. The lowest BCUT2D eigenvalue weighted by Gasteiger charge is -1.99. The van der Waals surface area contributed by atoms with Crippen molar-refractivity contribution in [1.82, 2.24) is 8.96 Å². The van der Waals surface area contributed by atoms with Crippen LogP contribution in [0, 0.1) is 0 Å². The first-order valence-electron chi connectivity index (χ1n) is 3.65. The van der Waals surface area contributed by atoms with Gasteiger partial charge in [0.15, 0.2) is 5.65 Å². The van der Waals surface area contributed by atoms with E-state index >= 15 is 0 Å². The van der Waals surface area contributed by atoms with Gasteiger partial charge in [0.2, 0.25) is 0 Å². The molecule has 13 heavy (non-hydrogen) atoms. The van der Waals surface area contributed by atoms with E-state index in [1.54, 1.807) is 13.3 Å². The topological polar surface area (TPSA) is 27.1 Å². The van der Waals surface area contributed by atoms with E-state index in [9.17, 15) is 0 Å². The van der Waals surface area contributed by atoms with Crippen molar-refractivity contribution in [1.29, 1.82) is 0 Å². The normalized spacial score (nSPS) is 10.9. The number of halogens is 1. The SMILES string of the molecule is COSn1ccc2c(Br)ccnc21. The lowest BCUT2D eigenvalue weighted by atomic mass is 10.3. The molecule has 0 aliphatic heterocycles. The lowest BCUT2D eigenvalue weighted by Crippen LogP contribution is -1.86. The molecule has 0 unspecified atom stereocenters. The number of aromatic nitrogens is 2. The zero-order chi connectivity index (χ0) is 9.26. The molecule has 0 fully saturated rings. The van der Waals surface area contributed by atoms with E-state index < -0.39 is 0 Å². The Morgan fingerprint density at radius 3 is 3.15 bits per heavy atom. The van der Waals surface area contributed by atoms with Gasteiger partial charge in [-0.25, -0.2) is 4.98 Å². The third-order valence-electron chi connectivity index (χ3n) is 1.66. The van der Waals surface area contributed by atoms with Gasteiger partial charge in [0.1, 0.15) is 12.2 Å². The molecule has 0 spiro atoms. The molecule has 0 radical (unpaired) electrons. The monoisotopic (exact) mass is 258 g/mol. The Morgan fingerprint density at radius 2 is 2.38 bits per heavy atom. The molecule has 68 valence electrons. The van der Waals surface area contributed by atoms with Crippen LogP contribution in [-0.2, 0) is 4.18 Å². The van der Waals surface area contributed by atoms with Crippen molar-refractivity contribution in [2.75, 3.05) is 7.11 Å². The predicted molar refractivity (Wildman–Crippen MR) is 57.4 cm³/mol. The fraction of sp³-hybridized carbons (Fsp3) is 0.125. The van der Waals surface area contributed by atoms with Crippen molar-refractivity contribution in [3.63, 3.8) is 0 Å². The van der Waals surface area contributed by atoms with E-state index in [0.29, 0.717) is 0 Å². The number of fused-ring (bicyclic) bond motifs is 1. The molecule has 0 aliphatic rings. The Bertz CT molecular complexity index is 429. The minimum atomic E-state index is 0.904. The zero-order valence-electron chi connectivity index (χ0n) is 6.90. The molecule has 3 nitrogen and oxygen atoms in total. The van der Waals surface area contributed by atoms with E-state index in [1.165, 1.54) is 12.2 Å². The summed E-state index contributed by atoms with van der Waals surface area (Å²) in [5, 5.41) is 1.09. The number of pyridine rings is 1. The summed E-state index contributed by atoms with van der Waals surface area (Å²) in [5.41, 5.74) is 0.904. The fourth-order valence-electron chi connectivity index (χ4n) is 1.12. The van der Waals surface area contributed by atoms with Gasteiger partial charge in [0.25, 0.3) is 0 Å². The second-order valence-electron chi connectivity index (χ2n) is 2.41. The maximum Gasteiger partial charge on any atom is 0.152 e. The summed E-state index contributed by atoms with van der Waals surface area (Å²) in [7, 11) is 1.63. The summed E-state index contributed by atoms with van der Waals surface area (Å²) in [6.07, 6.45) is 3.69. The van der Waals surface area contributed by atoms with Gasteiger partial charge in [0, 0.05) is 22.3 Å². The second kappa shape index (κ2) is 3.69. The highest BCUT2D eigenvalue weighted by Gasteiger charge is 2.04. The molecular weight excluding hydrogens is 252 g/mol. The third kappa shape index (κ3) is 1.59. The largest absolute Gasteiger partial charge is 0.300 e. The quantitative estimate of drug-likeness (QED) is 0.776. The third-order valence-corrected chi connectivity index (χ3v) is 2.95. The molecule has 0 aromatic carbocycles. The molecule has 2 heterocycles. The van der Waals surface area contributed by atoms with Gasteiger partial charge in [0.05, 0.1) is 7.11 Å². The number of nitrogens with zero attached hydrogens (tertiary/aromatic N) is 2. The van der Waals surface area contributed by atoms with Crippen LogP contribution >= 0.6 is 28.2 Å². The summed E-state index contributed by atoms with van der Waals surface area (Å²) in [6.45, 7) is 0. The van der Waals surface area contributed by atoms with Gasteiger partial charge in [-0.1, -0.05) is 0 Å². The fourth-order valence-corrected chi connectivity index (χ4v) is 2.04. The van der Waals surface area contributed by atoms with Gasteiger partial charge in [-0.2, -0.15) is 0 Å². The molecule has 5 heteroatoms. The maximum atomic E-state index is 4.96. The van der Waals surface area contributed by atoms with Crippen LogP contribution in [0.3, 0.4) is 0 Å². The van der Waals surface area contributed by atoms with Crippen LogP contribution in [0.1, 0.15) is 0 Å². The van der Waals surface area contributed by atoms with Crippen LogP contribution in [0.5, 0.6) is 0 Å². The Morgan fingerprint density at radius 1 is 1.54 bits per heavy atom. The highest BCUT2D eigenvalue weighted by atomic mass is 79.9. The standard InChI is InChI=1S/C8H7BrN2OS/c1-12-13-11-5-3-6-7(9)2-4-10-8(6)11/h2-5H,1H3. The molecule has 0 atom stereocenters. The molecule has 0 amide bonds. The first-order valence-corrected chi connectivity index (χ1v) is 5.15. The first-order chi connectivity index (χ1) is 6.33. The van der Waals surface area contributed by atoms with Gasteiger partial charge in [-0.3, -0.25) is 8.16 Å². The molecule has 0 aliphatic carbocycles. The summed E-state index contributed by atoms with van der Waals surface area (Å²) in [5.74, 6) is 0. The second-order valence-corrected chi connectivity index (χ2v) is 4.14. The molecule has 0 N–H and O–H groups in total. The predicted octanol–water partition coefficient (Wildman–Crippen LogP) is 2.86. The van der Waals surface area contributed by atoms with Crippen molar-refractivity contribution in [2.45, 2.75) is 0 Å². The van der Waals surface area contributed by atoms with E-state index in [1.807, 2.05) is 22.3 Å². The van der Waals surface area contributed by atoms with E-state index in [-0.39, 0.29) is 0 Å². The molecule has 0 saturated carbocycles. The molecule has 0 saturated heterocycles. The number of rotatable bonds is 2. The average molecular weight is 259 g/mol. The van der Waals surface area contributed by atoms with Gasteiger partial charge in [-0.15, -0.1) is 0 Å². The van der Waals surface area contributed by atoms with Crippen LogP contribution in [0.15, 0.2) is 29.0 Å². The van der Waals surface area contributed by atoms with E-state index in [2.05, 4.69) is 20.9 Å². The van der Waals surface area contributed by atoms with Crippen LogP contribution in [0.2, 0.25) is 0 Å². The summed E-state index contributed by atoms with van der Waals surface area (Å²) in [4.78, 5) is 4.25. The van der Waals surface area contributed by atoms with Crippen molar-refractivity contribution in [3.05, 3.63) is 29.0 Å². The van der Waals surface area contributed by atoms with Gasteiger partial charge in [-0.05, 0) is 28.1 Å². The van der Waals surface area contributed by atoms with Crippen molar-refractivity contribution in [2.24, 2.45) is 0 Å². The van der Waals surface area contributed by atoms with Gasteiger partial charge < -0.3 is 0 Å². The highest BCUT2D eigenvalue weighted by molar-refractivity contribution is 9.10. The average Bonchev–Trinajstić information content (AvgIpc) is 2.51. The van der Waals surface area contributed by atoms with E-state index in [4.69, 9.17) is 4.18 Å². The van der Waals surface area contributed by atoms with Crippen LogP contribution < -0.4 is 0 Å². The first kappa shape index (κ1) is 9.05. The summed E-state index contributed by atoms with van der Waals surface area (Å²) in [6, 6.07) is 3.92.